The fourth-order valence-corrected chi connectivity index (χ4v) is 3.96. The van der Waals surface area contributed by atoms with Crippen LogP contribution in [0.3, 0.4) is 0 Å². The topological polar surface area (TPSA) is 135 Å². The fourth-order valence-electron chi connectivity index (χ4n) is 3.96. The van der Waals surface area contributed by atoms with Gasteiger partial charge in [-0.3, -0.25) is 10.4 Å². The predicted molar refractivity (Wildman–Crippen MR) is 133 cm³/mol. The van der Waals surface area contributed by atoms with E-state index in [0.29, 0.717) is 52.0 Å². The van der Waals surface area contributed by atoms with Gasteiger partial charge in [0.15, 0.2) is 11.6 Å². The van der Waals surface area contributed by atoms with Crippen LogP contribution in [0.15, 0.2) is 51.8 Å². The Labute approximate surface area is 198 Å². The molecule has 2 bridgehead atoms. The van der Waals surface area contributed by atoms with Crippen molar-refractivity contribution in [3.05, 3.63) is 64.2 Å². The van der Waals surface area contributed by atoms with Gasteiger partial charge in [0.2, 0.25) is 0 Å². The van der Waals surface area contributed by atoms with Gasteiger partial charge in [-0.15, -0.1) is 0 Å². The lowest BCUT2D eigenvalue weighted by Crippen LogP contribution is -2.25. The highest BCUT2D eigenvalue weighted by Gasteiger charge is 2.27. The molecular formula is C25H30FN7O. The zero-order valence-corrected chi connectivity index (χ0v) is 19.7. The van der Waals surface area contributed by atoms with E-state index in [2.05, 4.69) is 15.5 Å². The highest BCUT2D eigenvalue weighted by molar-refractivity contribution is 6.48. The van der Waals surface area contributed by atoms with Crippen LogP contribution in [0.4, 0.5) is 10.2 Å². The molecule has 6 N–H and O–H groups in total. The zero-order valence-electron chi connectivity index (χ0n) is 19.7. The Morgan fingerprint density at radius 2 is 2.09 bits per heavy atom. The average molecular weight is 464 g/mol. The van der Waals surface area contributed by atoms with Crippen LogP contribution in [0, 0.1) is 17.1 Å². The third-order valence-electron chi connectivity index (χ3n) is 6.03. The third-order valence-corrected chi connectivity index (χ3v) is 6.03. The molecule has 1 aromatic heterocycles. The Hall–Kier alpha value is -3.75. The van der Waals surface area contributed by atoms with Crippen LogP contribution in [0.25, 0.3) is 0 Å². The number of rotatable bonds is 3. The number of nitrogen functional groups attached to an aromatic ring is 1. The molecule has 0 radical (unpaired) electrons. The molecular weight excluding hydrogens is 433 g/mol. The number of nitrogens with zero attached hydrogens (tertiary/aromatic N) is 3. The average Bonchev–Trinajstić information content (AvgIpc) is 3.63. The molecule has 1 fully saturated rings. The first-order valence-corrected chi connectivity index (χ1v) is 11.3. The highest BCUT2D eigenvalue weighted by Crippen LogP contribution is 2.33. The Kier molecular flexibility index (Phi) is 6.63. The van der Waals surface area contributed by atoms with Gasteiger partial charge in [0.1, 0.15) is 11.9 Å². The summed E-state index contributed by atoms with van der Waals surface area (Å²) in [6.45, 7) is 4.28. The van der Waals surface area contributed by atoms with E-state index < -0.39 is 11.9 Å². The van der Waals surface area contributed by atoms with E-state index in [1.807, 2.05) is 6.92 Å². The molecule has 2 heterocycles. The summed E-state index contributed by atoms with van der Waals surface area (Å²) in [6, 6.07) is 6.07. The lowest BCUT2D eigenvalue weighted by Gasteiger charge is -2.23. The van der Waals surface area contributed by atoms with Crippen LogP contribution in [0.2, 0.25) is 0 Å². The molecule has 4 rings (SSSR count). The molecule has 178 valence electrons. The number of aromatic nitrogens is 1. The van der Waals surface area contributed by atoms with Gasteiger partial charge in [0.25, 0.3) is 0 Å². The lowest BCUT2D eigenvalue weighted by molar-refractivity contribution is 0.227. The summed E-state index contributed by atoms with van der Waals surface area (Å²) in [4.78, 5) is 9.26. The van der Waals surface area contributed by atoms with Crippen LogP contribution >= 0.6 is 0 Å². The number of nitrogens with one attached hydrogen (secondary N) is 2. The molecule has 0 spiro atoms. The molecule has 9 heteroatoms. The minimum absolute atomic E-state index is 0.149. The minimum atomic E-state index is -0.598. The Morgan fingerprint density at radius 1 is 1.32 bits per heavy atom. The first kappa shape index (κ1) is 23.4. The largest absolute Gasteiger partial charge is 0.482 e. The van der Waals surface area contributed by atoms with E-state index >= 15 is 0 Å². The van der Waals surface area contributed by atoms with Crippen LogP contribution in [-0.4, -0.2) is 35.7 Å². The van der Waals surface area contributed by atoms with E-state index in [9.17, 15) is 4.39 Å². The zero-order chi connectivity index (χ0) is 24.4. The van der Waals surface area contributed by atoms with Crippen LogP contribution in [0.5, 0.6) is 5.75 Å². The van der Waals surface area contributed by atoms with Crippen LogP contribution < -0.4 is 21.6 Å². The normalized spacial score (nSPS) is 22.5. The molecule has 1 aromatic carbocycles. The first-order chi connectivity index (χ1) is 16.3. The number of benzene rings is 1. The highest BCUT2D eigenvalue weighted by atomic mass is 19.1. The summed E-state index contributed by atoms with van der Waals surface area (Å²) >= 11 is 0. The van der Waals surface area contributed by atoms with E-state index in [-0.39, 0.29) is 18.0 Å². The third kappa shape index (κ3) is 4.93. The van der Waals surface area contributed by atoms with Crippen molar-refractivity contribution < 1.29 is 9.13 Å². The monoisotopic (exact) mass is 463 g/mol. The van der Waals surface area contributed by atoms with Crippen LogP contribution in [-0.2, 0) is 0 Å². The molecule has 1 aliphatic heterocycles. The maximum Gasteiger partial charge on any atom is 0.166 e. The van der Waals surface area contributed by atoms with E-state index in [0.717, 1.165) is 18.4 Å². The van der Waals surface area contributed by atoms with Crippen molar-refractivity contribution in [2.45, 2.75) is 39.2 Å². The number of nitrogens with two attached hydrogens (primary N) is 2. The van der Waals surface area contributed by atoms with E-state index in [4.69, 9.17) is 26.6 Å². The number of ether oxygens (including phenoxy) is 1. The van der Waals surface area contributed by atoms with Crippen molar-refractivity contribution >= 4 is 23.0 Å². The molecule has 34 heavy (non-hydrogen) atoms. The second kappa shape index (κ2) is 9.62. The van der Waals surface area contributed by atoms with Gasteiger partial charge in [0, 0.05) is 54.2 Å². The number of anilines is 1. The van der Waals surface area contributed by atoms with Crippen molar-refractivity contribution in [3.63, 3.8) is 0 Å². The molecule has 0 unspecified atom stereocenters. The first-order valence-electron chi connectivity index (χ1n) is 11.3. The molecule has 0 saturated heterocycles. The summed E-state index contributed by atoms with van der Waals surface area (Å²) in [5.41, 5.74) is 19.6. The van der Waals surface area contributed by atoms with Gasteiger partial charge in [-0.25, -0.2) is 9.37 Å². The van der Waals surface area contributed by atoms with Gasteiger partial charge >= 0.3 is 0 Å². The molecule has 2 aliphatic rings. The molecule has 1 aliphatic carbocycles. The quantitative estimate of drug-likeness (QED) is 0.515. The Bertz CT molecular complexity index is 1210. The number of fused-ring (bicyclic) bond motifs is 3. The summed E-state index contributed by atoms with van der Waals surface area (Å²) in [5.74, 6) is 0.726. The fraction of sp³-hybridized carbons (Fsp3) is 0.360. The standard InChI is InChI=1S/C25H30FN7O/c1-13(27)19-10-21(33-30-3)23(28)18-7-6-17(26)9-20(18)14(2)34-22-8-16(12-32-25(22)29)24(19)31-11-15-4-5-15/h6-9,12,14-15,28,30H,4-5,10-11,27H2,1-3H3,(H2,29,32)/b19-13?,28-23?,31-24?,33-21-/t14-/m1/s1. The lowest BCUT2D eigenvalue weighted by atomic mass is 9.90. The Morgan fingerprint density at radius 3 is 2.76 bits per heavy atom. The smallest absolute Gasteiger partial charge is 0.166 e. The second-order valence-electron chi connectivity index (χ2n) is 8.73. The number of allylic oxidation sites excluding steroid dienone is 2. The van der Waals surface area contributed by atoms with Gasteiger partial charge in [-0.1, -0.05) is 0 Å². The summed E-state index contributed by atoms with van der Waals surface area (Å²) in [7, 11) is 1.67. The molecule has 8 nitrogen and oxygen atoms in total. The number of halogens is 1. The van der Waals surface area contributed by atoms with Crippen molar-refractivity contribution in [2.24, 2.45) is 21.7 Å². The SMILES string of the molecule is CN/N=C1/CC(=C(C)N)C(=NCC2CC2)c2cnc(N)c(c2)O[C@H](C)c2cc(F)ccc2C1=N. The summed E-state index contributed by atoms with van der Waals surface area (Å²) in [5, 5.41) is 13.4. The number of hydrogen-bond donors (Lipinski definition) is 4. The molecule has 0 amide bonds. The van der Waals surface area contributed by atoms with Crippen molar-refractivity contribution in [1.29, 1.82) is 5.41 Å². The minimum Gasteiger partial charge on any atom is -0.482 e. The van der Waals surface area contributed by atoms with Crippen molar-refractivity contribution in [1.82, 2.24) is 10.4 Å². The Balaban J connectivity index is 1.95. The van der Waals surface area contributed by atoms with Crippen molar-refractivity contribution in [2.75, 3.05) is 19.3 Å². The van der Waals surface area contributed by atoms with Gasteiger partial charge in [-0.05, 0) is 56.9 Å². The number of pyridine rings is 1. The predicted octanol–water partition coefficient (Wildman–Crippen LogP) is 3.72. The van der Waals surface area contributed by atoms with E-state index in [1.54, 1.807) is 32.3 Å². The second-order valence-corrected chi connectivity index (χ2v) is 8.73. The van der Waals surface area contributed by atoms with Gasteiger partial charge < -0.3 is 21.6 Å². The van der Waals surface area contributed by atoms with Crippen LogP contribution in [0.1, 0.15) is 55.9 Å². The van der Waals surface area contributed by atoms with Gasteiger partial charge in [-0.2, -0.15) is 5.10 Å². The van der Waals surface area contributed by atoms with Crippen molar-refractivity contribution in [3.8, 4) is 5.75 Å². The maximum absolute atomic E-state index is 14.2. The number of aliphatic imine (C=N–C) groups is 1. The summed E-state index contributed by atoms with van der Waals surface area (Å²) in [6.07, 6.45) is 3.64. The van der Waals surface area contributed by atoms with Gasteiger partial charge in [0.05, 0.1) is 17.1 Å². The molecule has 1 atom stereocenters. The summed E-state index contributed by atoms with van der Waals surface area (Å²) < 4.78 is 20.4. The number of hydrogen-bond acceptors (Lipinski definition) is 8. The maximum atomic E-state index is 14.2. The molecule has 1 saturated carbocycles. The number of hydrazone groups is 1. The van der Waals surface area contributed by atoms with E-state index in [1.165, 1.54) is 12.1 Å². The molecule has 2 aromatic rings.